The molecule has 0 spiro atoms. The Kier molecular flexibility index (Phi) is 7.34. The number of anilines is 1. The zero-order valence-corrected chi connectivity index (χ0v) is 22.2. The van der Waals surface area contributed by atoms with Gasteiger partial charge >= 0.3 is 6.09 Å². The molecule has 1 saturated heterocycles. The number of carbonyl (C=O) groups is 2. The predicted octanol–water partition coefficient (Wildman–Crippen LogP) is 3.38. The lowest BCUT2D eigenvalue weighted by Crippen LogP contribution is -2.58. The number of nitrogens with zero attached hydrogens (tertiary/aromatic N) is 1. The molecule has 0 radical (unpaired) electrons. The van der Waals surface area contributed by atoms with Gasteiger partial charge in [-0.1, -0.05) is 11.6 Å². The van der Waals surface area contributed by atoms with E-state index in [4.69, 9.17) is 16.3 Å². The molecule has 1 aliphatic heterocycles. The summed E-state index contributed by atoms with van der Waals surface area (Å²) in [5, 5.41) is 23.9. The second-order valence-corrected chi connectivity index (χ2v) is 12.9. The molecule has 5 rings (SSSR count). The van der Waals surface area contributed by atoms with E-state index in [0.717, 1.165) is 18.2 Å². The summed E-state index contributed by atoms with van der Waals surface area (Å²) in [6.45, 7) is 0.396. The first-order valence-corrected chi connectivity index (χ1v) is 14.5. The molecule has 1 heterocycles. The maximum atomic E-state index is 13.7. The SMILES string of the molecule is O=C(Nc1ccc(F)c(F)c1)c1ccc(Cl)c(S(=O)(=O)[C@H]2CC3CC[C@@H](C2)[C@@]3(O)C(O)CN2CCOC2=O)c1. The van der Waals surface area contributed by atoms with E-state index in [0.29, 0.717) is 19.4 Å². The Bertz CT molecular complexity index is 1410. The van der Waals surface area contributed by atoms with Gasteiger partial charge in [0, 0.05) is 17.3 Å². The number of aliphatic hydroxyl groups excluding tert-OH is 1. The fourth-order valence-corrected chi connectivity index (χ4v) is 8.51. The minimum Gasteiger partial charge on any atom is -0.448 e. The number of benzene rings is 2. The molecule has 3 aliphatic rings. The van der Waals surface area contributed by atoms with Crippen molar-refractivity contribution in [3.63, 3.8) is 0 Å². The van der Waals surface area contributed by atoms with Gasteiger partial charge < -0.3 is 25.2 Å². The number of fused-ring (bicyclic) bond motifs is 2. The molecule has 2 aromatic rings. The number of amides is 2. The topological polar surface area (TPSA) is 133 Å². The number of rotatable bonds is 7. The number of nitrogens with one attached hydrogen (secondary N) is 1. The second kappa shape index (κ2) is 10.3. The van der Waals surface area contributed by atoms with E-state index >= 15 is 0 Å². The molecule has 13 heteroatoms. The number of aliphatic hydroxyl groups is 2. The lowest BCUT2D eigenvalue weighted by molar-refractivity contribution is -0.145. The maximum Gasteiger partial charge on any atom is 0.410 e. The van der Waals surface area contributed by atoms with Crippen molar-refractivity contribution < 1.29 is 41.7 Å². The second-order valence-electron chi connectivity index (χ2n) is 10.3. The van der Waals surface area contributed by atoms with E-state index in [1.54, 1.807) is 0 Å². The van der Waals surface area contributed by atoms with Gasteiger partial charge in [0.1, 0.15) is 12.7 Å². The summed E-state index contributed by atoms with van der Waals surface area (Å²) in [7, 11) is -4.07. The predicted molar refractivity (Wildman–Crippen MR) is 136 cm³/mol. The van der Waals surface area contributed by atoms with Crippen LogP contribution < -0.4 is 5.32 Å². The third kappa shape index (κ3) is 4.99. The number of β-amino-alcohol motifs (C(OH)–C–C–N with tert-alkyl or cyclic N) is 1. The number of ether oxygens (including phenoxy) is 1. The van der Waals surface area contributed by atoms with Crippen LogP contribution in [0.1, 0.15) is 36.0 Å². The number of hydrogen-bond donors (Lipinski definition) is 3. The molecule has 2 bridgehead atoms. The first-order valence-electron chi connectivity index (χ1n) is 12.5. The van der Waals surface area contributed by atoms with Crippen LogP contribution in [0.25, 0.3) is 0 Å². The summed E-state index contributed by atoms with van der Waals surface area (Å²) in [6, 6.07) is 6.57. The van der Waals surface area contributed by atoms with Gasteiger partial charge in [-0.15, -0.1) is 0 Å². The lowest BCUT2D eigenvalue weighted by Gasteiger charge is -2.45. The number of hydrogen-bond acceptors (Lipinski definition) is 7. The highest BCUT2D eigenvalue weighted by Crippen LogP contribution is 2.53. The molecule has 39 heavy (non-hydrogen) atoms. The van der Waals surface area contributed by atoms with E-state index in [1.165, 1.54) is 23.1 Å². The molecular formula is C26H27ClF2N2O7S. The Morgan fingerprint density at radius 1 is 1.15 bits per heavy atom. The van der Waals surface area contributed by atoms with Crippen molar-refractivity contribution in [3.05, 3.63) is 58.6 Å². The number of sulfone groups is 1. The van der Waals surface area contributed by atoms with Gasteiger partial charge in [-0.05, 0) is 67.9 Å². The van der Waals surface area contributed by atoms with Crippen LogP contribution in [0.15, 0.2) is 41.3 Å². The van der Waals surface area contributed by atoms with Crippen LogP contribution in [0.4, 0.5) is 19.3 Å². The van der Waals surface area contributed by atoms with Gasteiger partial charge in [0.25, 0.3) is 5.91 Å². The van der Waals surface area contributed by atoms with E-state index in [-0.39, 0.29) is 47.2 Å². The zero-order chi connectivity index (χ0) is 28.1. The van der Waals surface area contributed by atoms with Crippen molar-refractivity contribution in [1.29, 1.82) is 0 Å². The van der Waals surface area contributed by atoms with Crippen LogP contribution in [0, 0.1) is 23.5 Å². The number of cyclic esters (lactones) is 1. The average molecular weight is 585 g/mol. The highest BCUT2D eigenvalue weighted by atomic mass is 35.5. The molecule has 2 saturated carbocycles. The molecular weight excluding hydrogens is 558 g/mol. The Morgan fingerprint density at radius 3 is 2.46 bits per heavy atom. The van der Waals surface area contributed by atoms with Crippen molar-refractivity contribution in [1.82, 2.24) is 4.90 Å². The smallest absolute Gasteiger partial charge is 0.410 e. The fraction of sp³-hybridized carbons (Fsp3) is 0.462. The first-order chi connectivity index (χ1) is 18.4. The Labute approximate surface area is 228 Å². The van der Waals surface area contributed by atoms with Crippen molar-refractivity contribution in [2.24, 2.45) is 11.8 Å². The zero-order valence-electron chi connectivity index (χ0n) is 20.6. The Hall–Kier alpha value is -2.80. The minimum absolute atomic E-state index is 0.0119. The molecule has 3 fully saturated rings. The largest absolute Gasteiger partial charge is 0.448 e. The first kappa shape index (κ1) is 27.8. The highest BCUT2D eigenvalue weighted by Gasteiger charge is 2.59. The quantitative estimate of drug-likeness (QED) is 0.454. The third-order valence-corrected chi connectivity index (χ3v) is 10.8. The van der Waals surface area contributed by atoms with Crippen molar-refractivity contribution in [2.75, 3.05) is 25.0 Å². The van der Waals surface area contributed by atoms with Crippen LogP contribution in [-0.2, 0) is 14.6 Å². The van der Waals surface area contributed by atoms with Crippen LogP contribution >= 0.6 is 11.6 Å². The summed E-state index contributed by atoms with van der Waals surface area (Å²) < 4.78 is 59.1. The van der Waals surface area contributed by atoms with Crippen molar-refractivity contribution in [3.8, 4) is 0 Å². The molecule has 2 aromatic carbocycles. The fourth-order valence-electron chi connectivity index (χ4n) is 6.11. The van der Waals surface area contributed by atoms with Gasteiger partial charge in [0.2, 0.25) is 0 Å². The summed E-state index contributed by atoms with van der Waals surface area (Å²) >= 11 is 6.27. The Morgan fingerprint density at radius 2 is 1.85 bits per heavy atom. The van der Waals surface area contributed by atoms with Crippen molar-refractivity contribution >= 4 is 39.1 Å². The summed E-state index contributed by atoms with van der Waals surface area (Å²) in [5.41, 5.74) is -1.61. The van der Waals surface area contributed by atoms with Crippen LogP contribution in [0.3, 0.4) is 0 Å². The average Bonchev–Trinajstić information content (AvgIpc) is 3.33. The number of carbonyl (C=O) groups excluding carboxylic acids is 2. The lowest BCUT2D eigenvalue weighted by atomic mass is 9.71. The third-order valence-electron chi connectivity index (χ3n) is 8.15. The normalized spacial score (nSPS) is 27.4. The van der Waals surface area contributed by atoms with E-state index in [9.17, 15) is 37.0 Å². The Balaban J connectivity index is 1.34. The van der Waals surface area contributed by atoms with Crippen LogP contribution in [0.2, 0.25) is 5.02 Å². The van der Waals surface area contributed by atoms with Gasteiger partial charge in [0.15, 0.2) is 21.5 Å². The highest BCUT2D eigenvalue weighted by molar-refractivity contribution is 7.92. The molecule has 5 atom stereocenters. The summed E-state index contributed by atoms with van der Waals surface area (Å²) in [5.74, 6) is -4.01. The van der Waals surface area contributed by atoms with E-state index in [1.807, 2.05) is 0 Å². The van der Waals surface area contributed by atoms with Crippen molar-refractivity contribution in [2.45, 2.75) is 47.5 Å². The molecule has 2 amide bonds. The van der Waals surface area contributed by atoms with Crippen LogP contribution in [-0.4, -0.2) is 72.2 Å². The van der Waals surface area contributed by atoms with E-state index < -0.39 is 62.3 Å². The monoisotopic (exact) mass is 584 g/mol. The van der Waals surface area contributed by atoms with Crippen LogP contribution in [0.5, 0.6) is 0 Å². The van der Waals surface area contributed by atoms with Gasteiger partial charge in [-0.2, -0.15) is 0 Å². The molecule has 2 unspecified atom stereocenters. The maximum absolute atomic E-state index is 13.7. The van der Waals surface area contributed by atoms with E-state index in [2.05, 4.69) is 5.32 Å². The summed E-state index contributed by atoms with van der Waals surface area (Å²) in [4.78, 5) is 25.6. The molecule has 0 aromatic heterocycles. The number of halogens is 3. The minimum atomic E-state index is -4.07. The van der Waals surface area contributed by atoms with Gasteiger partial charge in [-0.3, -0.25) is 4.79 Å². The summed E-state index contributed by atoms with van der Waals surface area (Å²) in [6.07, 6.45) is -0.671. The standard InChI is InChI=1S/C26H27ClF2N2O7S/c27-19-5-1-14(24(33)30-17-4-6-20(28)21(29)12-17)9-22(19)39(36,37)18-10-15-2-3-16(11-18)26(15,35)23(32)13-31-7-8-38-25(31)34/h1,4-6,9,12,15-16,18,23,32,35H,2-3,7-8,10-11,13H2,(H,30,33)/t15-,16?,18+,23?,26-/m0/s1. The molecule has 9 nitrogen and oxygen atoms in total. The molecule has 210 valence electrons. The van der Waals surface area contributed by atoms with Gasteiger partial charge in [-0.25, -0.2) is 22.0 Å². The molecule has 3 N–H and O–H groups in total. The molecule has 2 aliphatic carbocycles. The van der Waals surface area contributed by atoms with Gasteiger partial charge in [0.05, 0.1) is 33.9 Å².